The average molecular weight is 828 g/mol. The number of aliphatic carboxylic acids is 1. The lowest BCUT2D eigenvalue weighted by Gasteiger charge is -2.39. The highest BCUT2D eigenvalue weighted by atomic mass is 19.4. The molecule has 4 nitrogen and oxygen atoms in total. The van der Waals surface area contributed by atoms with Crippen LogP contribution in [0.25, 0.3) is 0 Å². The molecule has 0 aromatic rings. The second kappa shape index (κ2) is 16.0. The molecule has 0 fully saturated rings. The molecule has 0 rings (SSSR count). The van der Waals surface area contributed by atoms with Crippen molar-refractivity contribution in [3.8, 4) is 0 Å². The molecule has 0 amide bonds. The van der Waals surface area contributed by atoms with Crippen molar-refractivity contribution in [1.82, 2.24) is 0 Å². The van der Waals surface area contributed by atoms with Gasteiger partial charge in [-0.2, -0.15) is 87.8 Å². The van der Waals surface area contributed by atoms with Gasteiger partial charge in [0.15, 0.2) is 0 Å². The zero-order valence-electron chi connectivity index (χ0n) is 25.0. The zero-order valence-corrected chi connectivity index (χ0v) is 25.0. The van der Waals surface area contributed by atoms with E-state index < -0.39 is 121 Å². The highest BCUT2D eigenvalue weighted by molar-refractivity contribution is 5.87. The quantitative estimate of drug-likeness (QED) is 0.0850. The summed E-state index contributed by atoms with van der Waals surface area (Å²) in [6, 6.07) is 0. The van der Waals surface area contributed by atoms with Crippen LogP contribution in [0, 0.1) is 0 Å². The summed E-state index contributed by atoms with van der Waals surface area (Å²) in [5.41, 5.74) is -1.11. The summed E-state index contributed by atoms with van der Waals surface area (Å²) in [4.78, 5) is 21.2. The second-order valence-electron chi connectivity index (χ2n) is 10.1. The van der Waals surface area contributed by atoms with Gasteiger partial charge in [0.25, 0.3) is 0 Å². The maximum atomic E-state index is 13.3. The van der Waals surface area contributed by atoms with Crippen LogP contribution in [0.2, 0.25) is 0 Å². The fourth-order valence-electron chi connectivity index (χ4n) is 2.81. The molecule has 0 spiro atoms. The molecule has 0 aliphatic heterocycles. The van der Waals surface area contributed by atoms with Crippen LogP contribution >= 0.6 is 0 Å². The lowest BCUT2D eigenvalue weighted by Crippen LogP contribution is -2.68. The Balaban J connectivity index is 0. The topological polar surface area (TPSA) is 63.6 Å². The van der Waals surface area contributed by atoms with Crippen molar-refractivity contribution >= 4 is 11.9 Å². The minimum Gasteiger partial charge on any atom is -0.478 e. The van der Waals surface area contributed by atoms with Gasteiger partial charge < -0.3 is 9.84 Å². The van der Waals surface area contributed by atoms with Crippen molar-refractivity contribution in [2.45, 2.75) is 105 Å². The lowest BCUT2D eigenvalue weighted by molar-refractivity contribution is -0.413. The number of hydrogen-bond acceptors (Lipinski definition) is 3. The number of hydrogen-bond donors (Lipinski definition) is 1. The van der Waals surface area contributed by atoms with Gasteiger partial charge in [0, 0.05) is 17.6 Å². The lowest BCUT2D eigenvalue weighted by atomic mass is 9.92. The molecular weight excluding hydrogens is 808 g/mol. The first-order chi connectivity index (χ1) is 22.5. The van der Waals surface area contributed by atoms with Gasteiger partial charge in [-0.05, 0) is 20.3 Å². The maximum Gasteiger partial charge on any atom is 0.384 e. The molecule has 0 aliphatic rings. The van der Waals surface area contributed by atoms with Crippen LogP contribution < -0.4 is 0 Å². The summed E-state index contributed by atoms with van der Waals surface area (Å²) in [5.74, 6) is -73.9. The molecule has 0 bridgehead atoms. The summed E-state index contributed by atoms with van der Waals surface area (Å²) in [7, 11) is 0. The SMILES string of the molecule is C=C(C)C(=O)OCCC(F)(F)C(F)(F)C(F)(F)C(F)(F)C(F)(F)C(F)F.CC(=CCCC(F)(F)C(F)(F)C(F)(F)C(F)(F)C(F)(F)C(F)F)C(=O)O. The molecule has 28 heteroatoms. The monoisotopic (exact) mass is 828 g/mol. The van der Waals surface area contributed by atoms with E-state index >= 15 is 0 Å². The van der Waals surface area contributed by atoms with Gasteiger partial charge in [-0.15, -0.1) is 0 Å². The van der Waals surface area contributed by atoms with E-state index in [0.717, 1.165) is 13.8 Å². The summed E-state index contributed by atoms with van der Waals surface area (Å²) in [6.45, 7) is 3.02. The van der Waals surface area contributed by atoms with E-state index in [0.29, 0.717) is 6.08 Å². The van der Waals surface area contributed by atoms with Crippen molar-refractivity contribution in [2.24, 2.45) is 0 Å². The van der Waals surface area contributed by atoms with Crippen molar-refractivity contribution in [1.29, 1.82) is 0 Å². The molecule has 308 valence electrons. The van der Waals surface area contributed by atoms with E-state index in [4.69, 9.17) is 5.11 Å². The number of carboxylic acid groups (broad SMARTS) is 1. The molecule has 0 atom stereocenters. The molecule has 0 heterocycles. The first-order valence-electron chi connectivity index (χ1n) is 12.6. The number of alkyl halides is 24. The molecule has 0 aromatic heterocycles. The Labute approximate surface area is 273 Å². The van der Waals surface area contributed by atoms with Crippen molar-refractivity contribution in [2.75, 3.05) is 6.61 Å². The summed E-state index contributed by atoms with van der Waals surface area (Å²) in [5, 5.41) is 8.37. The molecule has 0 saturated carbocycles. The van der Waals surface area contributed by atoms with Crippen LogP contribution in [-0.2, 0) is 14.3 Å². The Morgan fingerprint density at radius 3 is 1.15 bits per heavy atom. The Hall–Kier alpha value is -3.26. The van der Waals surface area contributed by atoms with E-state index in [2.05, 4.69) is 11.3 Å². The van der Waals surface area contributed by atoms with E-state index in [1.54, 1.807) is 0 Å². The van der Waals surface area contributed by atoms with Crippen molar-refractivity contribution in [3.05, 3.63) is 23.8 Å². The first-order valence-corrected chi connectivity index (χ1v) is 12.6. The van der Waals surface area contributed by atoms with Crippen LogP contribution in [0.4, 0.5) is 105 Å². The van der Waals surface area contributed by atoms with E-state index in [1.807, 2.05) is 0 Å². The van der Waals surface area contributed by atoms with Gasteiger partial charge in [0.05, 0.1) is 13.0 Å². The number of carboxylic acids is 1. The largest absolute Gasteiger partial charge is 0.478 e. The second-order valence-corrected chi connectivity index (χ2v) is 10.1. The summed E-state index contributed by atoms with van der Waals surface area (Å²) in [6.07, 6.45) is -16.9. The summed E-state index contributed by atoms with van der Waals surface area (Å²) < 4.78 is 312. The van der Waals surface area contributed by atoms with Crippen LogP contribution in [0.1, 0.15) is 33.1 Å². The molecule has 0 unspecified atom stereocenters. The van der Waals surface area contributed by atoms with Gasteiger partial charge in [0.1, 0.15) is 0 Å². The Bertz CT molecular complexity index is 1290. The average Bonchev–Trinajstić information content (AvgIpc) is 2.95. The maximum absolute atomic E-state index is 13.3. The number of allylic oxidation sites excluding steroid dienone is 1. The number of rotatable bonds is 18. The minimum absolute atomic E-state index is 0.358. The zero-order chi connectivity index (χ0) is 42.7. The Morgan fingerprint density at radius 2 is 0.885 bits per heavy atom. The predicted molar refractivity (Wildman–Crippen MR) is 122 cm³/mol. The molecule has 0 aliphatic carbocycles. The Kier molecular flexibility index (Phi) is 15.6. The highest BCUT2D eigenvalue weighted by Gasteiger charge is 2.88. The number of halogens is 24. The molecular formula is C24H20F24O4. The fraction of sp³-hybridized carbons (Fsp3) is 0.750. The fourth-order valence-corrected chi connectivity index (χ4v) is 2.81. The standard InChI is InChI=1S/2C12H10F12O2/c1-5(2)6(25)26-4-3-8(15,16)10(19,20)12(23,24)11(21,22)9(17,18)7(13)14;1-5(6(25)26)3-2-4-8(15,16)10(19,20)12(23,24)11(21,22)9(17,18)7(13)14/h7H,1,3-4H2,2H3;3,7H,2,4H2,1H3,(H,25,26). The van der Waals surface area contributed by atoms with Crippen LogP contribution in [0.5, 0.6) is 0 Å². The number of esters is 1. The highest BCUT2D eigenvalue weighted by Crippen LogP contribution is 2.60. The van der Waals surface area contributed by atoms with Gasteiger partial charge in [-0.3, -0.25) is 0 Å². The third-order valence-electron chi connectivity index (χ3n) is 6.13. The number of carbonyl (C=O) groups excluding carboxylic acids is 1. The third-order valence-corrected chi connectivity index (χ3v) is 6.13. The summed E-state index contributed by atoms with van der Waals surface area (Å²) >= 11 is 0. The predicted octanol–water partition coefficient (Wildman–Crippen LogP) is 10.2. The normalized spacial score (nSPS) is 15.0. The number of carbonyl (C=O) groups is 2. The van der Waals surface area contributed by atoms with Crippen molar-refractivity contribution in [3.63, 3.8) is 0 Å². The molecule has 0 saturated heterocycles. The van der Waals surface area contributed by atoms with Gasteiger partial charge in [-0.1, -0.05) is 12.7 Å². The van der Waals surface area contributed by atoms with Crippen LogP contribution in [-0.4, -0.2) is 95.7 Å². The van der Waals surface area contributed by atoms with Crippen LogP contribution in [0.15, 0.2) is 23.8 Å². The first kappa shape index (κ1) is 50.8. The smallest absolute Gasteiger partial charge is 0.384 e. The molecule has 52 heavy (non-hydrogen) atoms. The van der Waals surface area contributed by atoms with Gasteiger partial charge in [-0.25, -0.2) is 27.2 Å². The van der Waals surface area contributed by atoms with E-state index in [1.165, 1.54) is 0 Å². The van der Waals surface area contributed by atoms with Gasteiger partial charge in [0.2, 0.25) is 0 Å². The van der Waals surface area contributed by atoms with Crippen molar-refractivity contribution < 1.29 is 125 Å². The van der Waals surface area contributed by atoms with E-state index in [9.17, 15) is 115 Å². The molecule has 0 radical (unpaired) electrons. The third kappa shape index (κ3) is 9.26. The molecule has 1 N–H and O–H groups in total. The molecule has 0 aromatic carbocycles. The van der Waals surface area contributed by atoms with Gasteiger partial charge >= 0.3 is 84.0 Å². The minimum atomic E-state index is -7.58. The van der Waals surface area contributed by atoms with Crippen LogP contribution in [0.3, 0.4) is 0 Å². The number of ether oxygens (including phenoxy) is 1. The van der Waals surface area contributed by atoms with E-state index in [-0.39, 0.29) is 0 Å². The Morgan fingerprint density at radius 1 is 0.577 bits per heavy atom.